The van der Waals surface area contributed by atoms with E-state index in [0.717, 1.165) is 18.3 Å². The summed E-state index contributed by atoms with van der Waals surface area (Å²) in [6.45, 7) is 1.58. The van der Waals surface area contributed by atoms with Gasteiger partial charge in [0.2, 0.25) is 0 Å². The highest BCUT2D eigenvalue weighted by Crippen LogP contribution is 2.32. The van der Waals surface area contributed by atoms with Crippen molar-refractivity contribution in [3.8, 4) is 0 Å². The van der Waals surface area contributed by atoms with E-state index in [4.69, 9.17) is 0 Å². The summed E-state index contributed by atoms with van der Waals surface area (Å²) in [5, 5.41) is 10.9. The van der Waals surface area contributed by atoms with E-state index in [2.05, 4.69) is 4.98 Å². The summed E-state index contributed by atoms with van der Waals surface area (Å²) in [6.07, 6.45) is -3.50. The van der Waals surface area contributed by atoms with Gasteiger partial charge in [0.05, 0.1) is 33.8 Å². The summed E-state index contributed by atoms with van der Waals surface area (Å²) >= 11 is 0. The zero-order chi connectivity index (χ0) is 19.1. The van der Waals surface area contributed by atoms with Crippen LogP contribution in [0.1, 0.15) is 24.1 Å². The van der Waals surface area contributed by atoms with Gasteiger partial charge in [0.15, 0.2) is 0 Å². The molecule has 0 saturated carbocycles. The zero-order valence-corrected chi connectivity index (χ0v) is 13.4. The molecule has 1 heterocycles. The number of nitro benzene ring substituents is 1. The highest BCUT2D eigenvalue weighted by molar-refractivity contribution is 5.77. The lowest BCUT2D eigenvalue weighted by atomic mass is 10.0. The molecule has 0 aliphatic rings. The number of rotatable bonds is 3. The molecule has 26 heavy (non-hydrogen) atoms. The first-order valence-electron chi connectivity index (χ1n) is 7.51. The Morgan fingerprint density at radius 2 is 1.92 bits per heavy atom. The minimum absolute atomic E-state index is 0.193. The van der Waals surface area contributed by atoms with Gasteiger partial charge in [0.25, 0.3) is 11.2 Å². The van der Waals surface area contributed by atoms with E-state index >= 15 is 0 Å². The van der Waals surface area contributed by atoms with E-state index in [1.165, 1.54) is 34.9 Å². The lowest BCUT2D eigenvalue weighted by molar-refractivity contribution is -0.384. The topological polar surface area (TPSA) is 78.0 Å². The predicted octanol–water partition coefficient (Wildman–Crippen LogP) is 3.93. The Balaban J connectivity index is 2.17. The van der Waals surface area contributed by atoms with Crippen LogP contribution in [0.5, 0.6) is 0 Å². The molecule has 134 valence electrons. The molecular weight excluding hydrogens is 351 g/mol. The molecule has 3 rings (SSSR count). The van der Waals surface area contributed by atoms with E-state index in [1.54, 1.807) is 6.92 Å². The molecule has 0 fully saturated rings. The number of hydrogen-bond donors (Lipinski definition) is 0. The number of aromatic nitrogens is 2. The number of hydrogen-bond acceptors (Lipinski definition) is 4. The fourth-order valence-electron chi connectivity index (χ4n) is 2.76. The summed E-state index contributed by atoms with van der Waals surface area (Å²) in [4.78, 5) is 26.5. The van der Waals surface area contributed by atoms with Crippen LogP contribution in [0.3, 0.4) is 0 Å². The Hall–Kier alpha value is -3.23. The second-order valence-corrected chi connectivity index (χ2v) is 5.70. The monoisotopic (exact) mass is 363 g/mol. The van der Waals surface area contributed by atoms with Crippen molar-refractivity contribution in [2.75, 3.05) is 0 Å². The molecule has 6 nitrogen and oxygen atoms in total. The van der Waals surface area contributed by atoms with E-state index in [-0.39, 0.29) is 16.8 Å². The minimum atomic E-state index is -4.50. The molecule has 0 amide bonds. The van der Waals surface area contributed by atoms with Crippen LogP contribution in [0.15, 0.2) is 53.5 Å². The molecule has 2 aromatic carbocycles. The molecular formula is C17H12F3N3O3. The molecule has 0 bridgehead atoms. The number of fused-ring (bicyclic) bond motifs is 1. The van der Waals surface area contributed by atoms with Gasteiger partial charge in [-0.25, -0.2) is 4.98 Å². The van der Waals surface area contributed by atoms with Crippen LogP contribution in [0.2, 0.25) is 0 Å². The van der Waals surface area contributed by atoms with Crippen molar-refractivity contribution in [2.24, 2.45) is 0 Å². The van der Waals surface area contributed by atoms with E-state index in [1.807, 2.05) is 0 Å². The number of non-ortho nitro benzene ring substituents is 1. The van der Waals surface area contributed by atoms with Crippen LogP contribution in [-0.2, 0) is 6.18 Å². The molecule has 0 N–H and O–H groups in total. The second-order valence-electron chi connectivity index (χ2n) is 5.70. The molecule has 0 spiro atoms. The number of nitrogens with zero attached hydrogens (tertiary/aromatic N) is 3. The van der Waals surface area contributed by atoms with Crippen molar-refractivity contribution in [3.05, 3.63) is 80.3 Å². The average Bonchev–Trinajstić information content (AvgIpc) is 2.60. The Bertz CT molecular complexity index is 1060. The van der Waals surface area contributed by atoms with Gasteiger partial charge in [-0.2, -0.15) is 13.2 Å². The van der Waals surface area contributed by atoms with Crippen LogP contribution in [0.4, 0.5) is 18.9 Å². The van der Waals surface area contributed by atoms with Crippen LogP contribution < -0.4 is 5.56 Å². The first-order valence-corrected chi connectivity index (χ1v) is 7.51. The van der Waals surface area contributed by atoms with Gasteiger partial charge >= 0.3 is 6.18 Å². The van der Waals surface area contributed by atoms with E-state index < -0.39 is 28.3 Å². The maximum Gasteiger partial charge on any atom is 0.416 e. The van der Waals surface area contributed by atoms with Gasteiger partial charge in [0, 0.05) is 12.1 Å². The highest BCUT2D eigenvalue weighted by Gasteiger charge is 2.31. The third-order valence-corrected chi connectivity index (χ3v) is 4.06. The van der Waals surface area contributed by atoms with Crippen LogP contribution in [0.25, 0.3) is 11.0 Å². The van der Waals surface area contributed by atoms with Crippen LogP contribution in [0, 0.1) is 10.1 Å². The fourth-order valence-corrected chi connectivity index (χ4v) is 2.76. The Morgan fingerprint density at radius 3 is 2.58 bits per heavy atom. The van der Waals surface area contributed by atoms with Crippen molar-refractivity contribution in [2.45, 2.75) is 19.1 Å². The molecule has 1 aromatic heterocycles. The summed E-state index contributed by atoms with van der Waals surface area (Å²) in [5.41, 5.74) is -0.736. The Labute approximate surface area is 144 Å². The SMILES string of the molecule is C[C@@H](c1cccc(C(F)(F)F)c1)n1c(=O)cnc2cc([N+](=O)[O-])ccc21. The summed E-state index contributed by atoms with van der Waals surface area (Å²) < 4.78 is 40.1. The average molecular weight is 363 g/mol. The quantitative estimate of drug-likeness (QED) is 0.522. The molecule has 3 aromatic rings. The van der Waals surface area contributed by atoms with Crippen molar-refractivity contribution in [1.29, 1.82) is 0 Å². The van der Waals surface area contributed by atoms with Gasteiger partial charge in [-0.05, 0) is 30.7 Å². The molecule has 0 radical (unpaired) electrons. The van der Waals surface area contributed by atoms with Gasteiger partial charge in [-0.15, -0.1) is 0 Å². The minimum Gasteiger partial charge on any atom is -0.298 e. The normalized spacial score (nSPS) is 12.9. The Kier molecular flexibility index (Phi) is 4.23. The van der Waals surface area contributed by atoms with Crippen LogP contribution in [-0.4, -0.2) is 14.5 Å². The van der Waals surface area contributed by atoms with E-state index in [0.29, 0.717) is 5.52 Å². The van der Waals surface area contributed by atoms with Crippen molar-refractivity contribution >= 4 is 16.7 Å². The van der Waals surface area contributed by atoms with Crippen molar-refractivity contribution < 1.29 is 18.1 Å². The standard InChI is InChI=1S/C17H12F3N3O3/c1-10(11-3-2-4-12(7-11)17(18,19)20)22-15-6-5-13(23(25)26)8-14(15)21-9-16(22)24/h2-10H,1H3/t10-/m0/s1. The highest BCUT2D eigenvalue weighted by atomic mass is 19.4. The summed E-state index contributed by atoms with van der Waals surface area (Å²) in [5.74, 6) is 0. The zero-order valence-electron chi connectivity index (χ0n) is 13.4. The molecule has 1 atom stereocenters. The maximum atomic E-state index is 12.9. The predicted molar refractivity (Wildman–Crippen MR) is 87.9 cm³/mol. The maximum absolute atomic E-state index is 12.9. The molecule has 9 heteroatoms. The van der Waals surface area contributed by atoms with Gasteiger partial charge < -0.3 is 0 Å². The lowest BCUT2D eigenvalue weighted by Gasteiger charge is -2.19. The van der Waals surface area contributed by atoms with Gasteiger partial charge in [-0.1, -0.05) is 12.1 Å². The van der Waals surface area contributed by atoms with Crippen molar-refractivity contribution in [3.63, 3.8) is 0 Å². The third kappa shape index (κ3) is 3.15. The summed E-state index contributed by atoms with van der Waals surface area (Å²) in [6, 6.07) is 7.77. The first-order chi connectivity index (χ1) is 12.2. The van der Waals surface area contributed by atoms with Gasteiger partial charge in [-0.3, -0.25) is 19.5 Å². The number of nitro groups is 1. The lowest BCUT2D eigenvalue weighted by Crippen LogP contribution is -2.24. The smallest absolute Gasteiger partial charge is 0.298 e. The molecule has 0 aliphatic carbocycles. The number of alkyl halides is 3. The van der Waals surface area contributed by atoms with Crippen molar-refractivity contribution in [1.82, 2.24) is 9.55 Å². The van der Waals surface area contributed by atoms with E-state index in [9.17, 15) is 28.1 Å². The van der Waals surface area contributed by atoms with Gasteiger partial charge in [0.1, 0.15) is 0 Å². The first kappa shape index (κ1) is 17.6. The number of halogens is 3. The Morgan fingerprint density at radius 1 is 1.19 bits per heavy atom. The second kappa shape index (κ2) is 6.25. The number of benzene rings is 2. The molecule has 0 unspecified atom stereocenters. The molecule has 0 saturated heterocycles. The van der Waals surface area contributed by atoms with Crippen LogP contribution >= 0.6 is 0 Å². The third-order valence-electron chi connectivity index (χ3n) is 4.06. The fraction of sp³-hybridized carbons (Fsp3) is 0.176. The summed E-state index contributed by atoms with van der Waals surface area (Å²) in [7, 11) is 0. The largest absolute Gasteiger partial charge is 0.416 e. The molecule has 0 aliphatic heterocycles.